The zero-order chi connectivity index (χ0) is 24.7. The molecule has 0 saturated carbocycles. The summed E-state index contributed by atoms with van der Waals surface area (Å²) in [5.74, 6) is -0.966. The highest BCUT2D eigenvalue weighted by molar-refractivity contribution is 8.00. The van der Waals surface area contributed by atoms with Crippen molar-refractivity contribution in [2.75, 3.05) is 17.2 Å². The van der Waals surface area contributed by atoms with Gasteiger partial charge in [-0.3, -0.25) is 9.59 Å². The second-order valence-corrected chi connectivity index (χ2v) is 9.41. The van der Waals surface area contributed by atoms with Gasteiger partial charge in [-0.1, -0.05) is 29.3 Å². The molecule has 0 saturated heterocycles. The maximum Gasteiger partial charge on any atom is 0.338 e. The largest absolute Gasteiger partial charge is 0.462 e. The van der Waals surface area contributed by atoms with E-state index >= 15 is 0 Å². The van der Waals surface area contributed by atoms with Gasteiger partial charge in [0.15, 0.2) is 0 Å². The standard InChI is InChI=1S/C25H22Cl2N2O4S/c1-3-33-25(32)16-7-10-18(11-8-16)28-23(30)15(2)34-20-6-4-5-19(14-20)29-24(31)21-12-9-17(26)13-22(21)27/h4-15H,3H2,1-2H3,(H,28,30)(H,29,31). The molecule has 176 valence electrons. The van der Waals surface area contributed by atoms with Crippen molar-refractivity contribution >= 4 is 64.1 Å². The minimum absolute atomic E-state index is 0.198. The van der Waals surface area contributed by atoms with E-state index in [-0.39, 0.29) is 16.8 Å². The number of ether oxygens (including phenoxy) is 1. The molecule has 1 atom stereocenters. The van der Waals surface area contributed by atoms with Crippen LogP contribution in [-0.4, -0.2) is 29.6 Å². The third-order valence-corrected chi connectivity index (χ3v) is 6.25. The maximum atomic E-state index is 12.6. The summed E-state index contributed by atoms with van der Waals surface area (Å²) in [6, 6.07) is 18.4. The zero-order valence-electron chi connectivity index (χ0n) is 18.4. The predicted octanol–water partition coefficient (Wildman–Crippen LogP) is 6.54. The summed E-state index contributed by atoms with van der Waals surface area (Å²) < 4.78 is 4.96. The van der Waals surface area contributed by atoms with E-state index in [1.165, 1.54) is 17.8 Å². The molecule has 3 aromatic carbocycles. The fourth-order valence-electron chi connectivity index (χ4n) is 2.92. The molecule has 9 heteroatoms. The summed E-state index contributed by atoms with van der Waals surface area (Å²) in [6.07, 6.45) is 0. The Morgan fingerprint density at radius 1 is 0.941 bits per heavy atom. The number of rotatable bonds is 8. The summed E-state index contributed by atoms with van der Waals surface area (Å²) in [5, 5.41) is 5.93. The highest BCUT2D eigenvalue weighted by atomic mass is 35.5. The van der Waals surface area contributed by atoms with Gasteiger partial charge in [0.2, 0.25) is 5.91 Å². The molecule has 2 N–H and O–H groups in total. The smallest absolute Gasteiger partial charge is 0.338 e. The van der Waals surface area contributed by atoms with Crippen LogP contribution in [0.2, 0.25) is 10.0 Å². The van der Waals surface area contributed by atoms with Crippen LogP contribution in [0.15, 0.2) is 71.6 Å². The summed E-state index contributed by atoms with van der Waals surface area (Å²) in [4.78, 5) is 37.7. The number of amides is 2. The summed E-state index contributed by atoms with van der Waals surface area (Å²) in [5.41, 5.74) is 1.88. The van der Waals surface area contributed by atoms with E-state index in [1.54, 1.807) is 68.4 Å². The lowest BCUT2D eigenvalue weighted by molar-refractivity contribution is -0.115. The monoisotopic (exact) mass is 516 g/mol. The first-order chi connectivity index (χ1) is 16.3. The fourth-order valence-corrected chi connectivity index (χ4v) is 4.35. The van der Waals surface area contributed by atoms with Gasteiger partial charge in [-0.25, -0.2) is 4.79 Å². The molecular formula is C25H22Cl2N2O4S. The normalized spacial score (nSPS) is 11.4. The van der Waals surface area contributed by atoms with Crippen LogP contribution in [0, 0.1) is 0 Å². The number of halogens is 2. The van der Waals surface area contributed by atoms with Crippen LogP contribution in [0.4, 0.5) is 11.4 Å². The van der Waals surface area contributed by atoms with Gasteiger partial charge < -0.3 is 15.4 Å². The summed E-state index contributed by atoms with van der Waals surface area (Å²) in [7, 11) is 0. The van der Waals surface area contributed by atoms with Gasteiger partial charge in [0, 0.05) is 21.3 Å². The van der Waals surface area contributed by atoms with Crippen molar-refractivity contribution in [2.24, 2.45) is 0 Å². The van der Waals surface area contributed by atoms with E-state index < -0.39 is 11.2 Å². The zero-order valence-corrected chi connectivity index (χ0v) is 20.8. The Kier molecular flexibility index (Phi) is 8.98. The van der Waals surface area contributed by atoms with E-state index in [1.807, 2.05) is 6.07 Å². The first kappa shape index (κ1) is 25.6. The Morgan fingerprint density at radius 3 is 2.35 bits per heavy atom. The fraction of sp³-hybridized carbons (Fsp3) is 0.160. The molecule has 0 heterocycles. The van der Waals surface area contributed by atoms with Crippen molar-refractivity contribution in [1.82, 2.24) is 0 Å². The van der Waals surface area contributed by atoms with Crippen LogP contribution < -0.4 is 10.6 Å². The van der Waals surface area contributed by atoms with Crippen molar-refractivity contribution in [3.05, 3.63) is 87.9 Å². The van der Waals surface area contributed by atoms with Gasteiger partial charge >= 0.3 is 5.97 Å². The van der Waals surface area contributed by atoms with Crippen LogP contribution in [0.25, 0.3) is 0 Å². The van der Waals surface area contributed by atoms with E-state index in [2.05, 4.69) is 10.6 Å². The van der Waals surface area contributed by atoms with Gasteiger partial charge in [0.1, 0.15) is 0 Å². The SMILES string of the molecule is CCOC(=O)c1ccc(NC(=O)C(C)Sc2cccc(NC(=O)c3ccc(Cl)cc3Cl)c2)cc1. The molecule has 0 bridgehead atoms. The van der Waals surface area contributed by atoms with Gasteiger partial charge in [-0.15, -0.1) is 11.8 Å². The quantitative estimate of drug-likeness (QED) is 0.262. The van der Waals surface area contributed by atoms with Gasteiger partial charge in [0.25, 0.3) is 5.91 Å². The Labute approximate surface area is 212 Å². The lowest BCUT2D eigenvalue weighted by atomic mass is 10.2. The van der Waals surface area contributed by atoms with Crippen LogP contribution >= 0.6 is 35.0 Å². The first-order valence-corrected chi connectivity index (χ1v) is 12.0. The molecule has 3 aromatic rings. The summed E-state index contributed by atoms with van der Waals surface area (Å²) >= 11 is 13.3. The maximum absolute atomic E-state index is 12.6. The molecule has 0 aromatic heterocycles. The van der Waals surface area contributed by atoms with Crippen LogP contribution in [0.1, 0.15) is 34.6 Å². The Bertz CT molecular complexity index is 1200. The minimum Gasteiger partial charge on any atom is -0.462 e. The molecule has 1 unspecified atom stereocenters. The Morgan fingerprint density at radius 2 is 1.68 bits per heavy atom. The average molecular weight is 517 g/mol. The van der Waals surface area contributed by atoms with Crippen molar-refractivity contribution in [3.63, 3.8) is 0 Å². The highest BCUT2D eigenvalue weighted by Crippen LogP contribution is 2.28. The molecule has 0 spiro atoms. The highest BCUT2D eigenvalue weighted by Gasteiger charge is 2.16. The second-order valence-electron chi connectivity index (χ2n) is 7.15. The van der Waals surface area contributed by atoms with E-state index in [0.29, 0.717) is 34.1 Å². The van der Waals surface area contributed by atoms with Gasteiger partial charge in [-0.05, 0) is 74.5 Å². The molecule has 2 amide bonds. The minimum atomic E-state index is -0.415. The molecule has 0 aliphatic carbocycles. The third kappa shape index (κ3) is 7.00. The molecule has 3 rings (SSSR count). The average Bonchev–Trinajstić information content (AvgIpc) is 2.79. The molecule has 0 aliphatic heterocycles. The first-order valence-electron chi connectivity index (χ1n) is 10.4. The number of hydrogen-bond acceptors (Lipinski definition) is 5. The third-order valence-electron chi connectivity index (χ3n) is 4.61. The van der Waals surface area contributed by atoms with Gasteiger partial charge in [0.05, 0.1) is 28.0 Å². The number of hydrogen-bond donors (Lipinski definition) is 2. The molecule has 34 heavy (non-hydrogen) atoms. The number of nitrogens with one attached hydrogen (secondary N) is 2. The number of thioether (sulfide) groups is 1. The number of carbonyl (C=O) groups excluding carboxylic acids is 3. The lowest BCUT2D eigenvalue weighted by Crippen LogP contribution is -2.22. The Hall–Kier alpha value is -3.00. The van der Waals surface area contributed by atoms with Crippen molar-refractivity contribution in [2.45, 2.75) is 24.0 Å². The molecule has 0 radical (unpaired) electrons. The van der Waals surface area contributed by atoms with Crippen molar-refractivity contribution < 1.29 is 19.1 Å². The number of benzene rings is 3. The number of carbonyl (C=O) groups is 3. The molecular weight excluding hydrogens is 495 g/mol. The lowest BCUT2D eigenvalue weighted by Gasteiger charge is -2.13. The molecule has 0 fully saturated rings. The van der Waals surface area contributed by atoms with Gasteiger partial charge in [-0.2, -0.15) is 0 Å². The molecule has 0 aliphatic rings. The second kappa shape index (κ2) is 11.9. The Balaban J connectivity index is 1.60. The summed E-state index contributed by atoms with van der Waals surface area (Å²) in [6.45, 7) is 3.82. The van der Waals surface area contributed by atoms with Crippen molar-refractivity contribution in [3.8, 4) is 0 Å². The van der Waals surface area contributed by atoms with Crippen molar-refractivity contribution in [1.29, 1.82) is 0 Å². The van der Waals surface area contributed by atoms with Crippen LogP contribution in [0.5, 0.6) is 0 Å². The predicted molar refractivity (Wildman–Crippen MR) is 137 cm³/mol. The van der Waals surface area contributed by atoms with E-state index in [9.17, 15) is 14.4 Å². The van der Waals surface area contributed by atoms with E-state index in [4.69, 9.17) is 27.9 Å². The number of esters is 1. The number of anilines is 2. The topological polar surface area (TPSA) is 84.5 Å². The van der Waals surface area contributed by atoms with E-state index in [0.717, 1.165) is 4.90 Å². The molecule has 6 nitrogen and oxygen atoms in total. The van der Waals surface area contributed by atoms with Crippen LogP contribution in [0.3, 0.4) is 0 Å². The van der Waals surface area contributed by atoms with Crippen LogP contribution in [-0.2, 0) is 9.53 Å².